The van der Waals surface area contributed by atoms with Crippen molar-refractivity contribution in [2.24, 2.45) is 0 Å². The van der Waals surface area contributed by atoms with Gasteiger partial charge in [0.1, 0.15) is 0 Å². The Morgan fingerprint density at radius 1 is 0.808 bits per heavy atom. The number of rotatable bonds is 4. The van der Waals surface area contributed by atoms with E-state index < -0.39 is 0 Å². The molecule has 1 N–H and O–H groups in total. The first-order chi connectivity index (χ1) is 12.8. The van der Waals surface area contributed by atoms with Crippen LogP contribution in [0, 0.1) is 0 Å². The minimum atomic E-state index is 1.08. The van der Waals surface area contributed by atoms with Crippen LogP contribution in [0.2, 0.25) is 0 Å². The molecular formula is C24H19NS. The lowest BCUT2D eigenvalue weighted by atomic mass is 10.0. The number of anilines is 2. The summed E-state index contributed by atoms with van der Waals surface area (Å²) >= 11 is 1.80. The Bertz CT molecular complexity index is 1020. The van der Waals surface area contributed by atoms with Crippen molar-refractivity contribution in [1.29, 1.82) is 0 Å². The number of allylic oxidation sites excluding steroid dienone is 4. The molecule has 0 aliphatic carbocycles. The average molecular weight is 353 g/mol. The van der Waals surface area contributed by atoms with Crippen molar-refractivity contribution in [3.05, 3.63) is 104 Å². The maximum atomic E-state index is 3.91. The Kier molecular flexibility index (Phi) is 4.51. The lowest BCUT2D eigenvalue weighted by Crippen LogP contribution is -2.00. The third-order valence-corrected chi connectivity index (χ3v) is 5.53. The fraction of sp³-hybridized carbons (Fsp3) is 0. The van der Waals surface area contributed by atoms with Gasteiger partial charge in [-0.3, -0.25) is 0 Å². The van der Waals surface area contributed by atoms with Crippen LogP contribution in [0.25, 0.3) is 16.7 Å². The Hall–Kier alpha value is -2.97. The summed E-state index contributed by atoms with van der Waals surface area (Å²) in [6.45, 7) is 7.70. The Balaban J connectivity index is 1.71. The molecule has 3 aromatic carbocycles. The van der Waals surface area contributed by atoms with Gasteiger partial charge >= 0.3 is 0 Å². The van der Waals surface area contributed by atoms with Crippen LogP contribution in [0.1, 0.15) is 5.56 Å². The predicted octanol–water partition coefficient (Wildman–Crippen LogP) is 7.32. The second-order valence-corrected chi connectivity index (χ2v) is 7.16. The molecule has 2 heteroatoms. The minimum Gasteiger partial charge on any atom is -0.354 e. The van der Waals surface area contributed by atoms with Gasteiger partial charge in [-0.05, 0) is 46.5 Å². The van der Waals surface area contributed by atoms with Gasteiger partial charge in [0.2, 0.25) is 0 Å². The highest BCUT2D eigenvalue weighted by atomic mass is 32.2. The molecule has 0 radical (unpaired) electrons. The standard InChI is InChI=1S/C24H19NS/c1-3-8-17(4-2)19-11-13-21-23(15-19)26-24-16-20(12-14-22(24)25-21)18-9-6-5-7-10-18/h3-16,25H,1-2H2/b17-8+. The molecule has 3 aromatic rings. The number of benzene rings is 3. The highest BCUT2D eigenvalue weighted by Crippen LogP contribution is 2.46. The largest absolute Gasteiger partial charge is 0.354 e. The Labute approximate surface area is 158 Å². The van der Waals surface area contributed by atoms with Gasteiger partial charge in [0.15, 0.2) is 0 Å². The summed E-state index contributed by atoms with van der Waals surface area (Å²) in [6, 6.07) is 23.5. The predicted molar refractivity (Wildman–Crippen MR) is 114 cm³/mol. The van der Waals surface area contributed by atoms with E-state index in [4.69, 9.17) is 0 Å². The van der Waals surface area contributed by atoms with Gasteiger partial charge in [-0.1, -0.05) is 85.6 Å². The zero-order valence-electron chi connectivity index (χ0n) is 14.4. The van der Waals surface area contributed by atoms with Crippen molar-refractivity contribution >= 4 is 28.7 Å². The van der Waals surface area contributed by atoms with Gasteiger partial charge in [0.25, 0.3) is 0 Å². The van der Waals surface area contributed by atoms with Crippen LogP contribution in [0.5, 0.6) is 0 Å². The van der Waals surface area contributed by atoms with Gasteiger partial charge in [0.05, 0.1) is 11.4 Å². The molecule has 1 aliphatic heterocycles. The van der Waals surface area contributed by atoms with Gasteiger partial charge in [0, 0.05) is 9.79 Å². The van der Waals surface area contributed by atoms with Crippen molar-refractivity contribution in [2.75, 3.05) is 5.32 Å². The topological polar surface area (TPSA) is 12.0 Å². The van der Waals surface area contributed by atoms with E-state index >= 15 is 0 Å². The van der Waals surface area contributed by atoms with E-state index in [9.17, 15) is 0 Å². The number of fused-ring (bicyclic) bond motifs is 2. The molecule has 0 unspecified atom stereocenters. The van der Waals surface area contributed by atoms with Crippen LogP contribution in [-0.4, -0.2) is 0 Å². The van der Waals surface area contributed by atoms with Crippen molar-refractivity contribution in [2.45, 2.75) is 9.79 Å². The van der Waals surface area contributed by atoms with Crippen LogP contribution in [-0.2, 0) is 0 Å². The third kappa shape index (κ3) is 3.12. The van der Waals surface area contributed by atoms with Crippen LogP contribution >= 0.6 is 11.8 Å². The van der Waals surface area contributed by atoms with E-state index in [0.29, 0.717) is 0 Å². The summed E-state index contributed by atoms with van der Waals surface area (Å²) in [5.74, 6) is 0. The second kappa shape index (κ2) is 7.11. The summed E-state index contributed by atoms with van der Waals surface area (Å²) in [5, 5.41) is 3.55. The molecule has 1 heterocycles. The monoisotopic (exact) mass is 353 g/mol. The van der Waals surface area contributed by atoms with Crippen molar-refractivity contribution in [1.82, 2.24) is 0 Å². The first-order valence-electron chi connectivity index (χ1n) is 8.52. The van der Waals surface area contributed by atoms with Gasteiger partial charge < -0.3 is 5.32 Å². The quantitative estimate of drug-likeness (QED) is 0.386. The zero-order valence-corrected chi connectivity index (χ0v) is 15.2. The number of hydrogen-bond donors (Lipinski definition) is 1. The normalized spacial score (nSPS) is 12.5. The number of nitrogens with one attached hydrogen (secondary N) is 1. The van der Waals surface area contributed by atoms with Crippen molar-refractivity contribution in [3.8, 4) is 11.1 Å². The van der Waals surface area contributed by atoms with E-state index in [0.717, 1.165) is 22.5 Å². The molecule has 126 valence electrons. The summed E-state index contributed by atoms with van der Waals surface area (Å²) in [4.78, 5) is 2.46. The third-order valence-electron chi connectivity index (χ3n) is 4.41. The molecule has 0 fully saturated rings. The molecule has 1 aliphatic rings. The zero-order chi connectivity index (χ0) is 17.9. The highest BCUT2D eigenvalue weighted by Gasteiger charge is 2.17. The summed E-state index contributed by atoms with van der Waals surface area (Å²) in [6.07, 6.45) is 5.65. The molecule has 0 aromatic heterocycles. The lowest BCUT2D eigenvalue weighted by molar-refractivity contribution is 1.31. The molecule has 26 heavy (non-hydrogen) atoms. The van der Waals surface area contributed by atoms with Gasteiger partial charge in [-0.25, -0.2) is 0 Å². The first kappa shape index (κ1) is 16.5. The Morgan fingerprint density at radius 3 is 2.27 bits per heavy atom. The highest BCUT2D eigenvalue weighted by molar-refractivity contribution is 7.99. The molecule has 0 bridgehead atoms. The van der Waals surface area contributed by atoms with E-state index in [2.05, 4.69) is 79.1 Å². The molecule has 0 spiro atoms. The Morgan fingerprint density at radius 2 is 1.54 bits per heavy atom. The first-order valence-corrected chi connectivity index (χ1v) is 9.34. The smallest absolute Gasteiger partial charge is 0.0526 e. The lowest BCUT2D eigenvalue weighted by Gasteiger charge is -2.22. The molecule has 0 saturated heterocycles. The van der Waals surface area contributed by atoms with E-state index in [1.807, 2.05) is 18.2 Å². The molecule has 1 nitrogen and oxygen atoms in total. The van der Waals surface area contributed by atoms with Gasteiger partial charge in [-0.15, -0.1) is 0 Å². The van der Waals surface area contributed by atoms with E-state index in [1.54, 1.807) is 17.8 Å². The van der Waals surface area contributed by atoms with Crippen LogP contribution in [0.3, 0.4) is 0 Å². The summed E-state index contributed by atoms with van der Waals surface area (Å²) in [5.41, 5.74) is 6.99. The fourth-order valence-corrected chi connectivity index (χ4v) is 4.15. The van der Waals surface area contributed by atoms with Crippen LogP contribution in [0.15, 0.2) is 108 Å². The van der Waals surface area contributed by atoms with Crippen molar-refractivity contribution in [3.63, 3.8) is 0 Å². The van der Waals surface area contributed by atoms with Crippen molar-refractivity contribution < 1.29 is 0 Å². The summed E-state index contributed by atoms with van der Waals surface area (Å²) in [7, 11) is 0. The maximum Gasteiger partial charge on any atom is 0.0526 e. The SMILES string of the molecule is C=C/C=C(\C=C)c1ccc2c(c1)Sc1cc(-c3ccccc3)ccc1N2. The van der Waals surface area contributed by atoms with E-state index in [1.165, 1.54) is 20.9 Å². The fourth-order valence-electron chi connectivity index (χ4n) is 3.08. The minimum absolute atomic E-state index is 1.08. The molecule has 4 rings (SSSR count). The number of hydrogen-bond acceptors (Lipinski definition) is 2. The second-order valence-electron chi connectivity index (χ2n) is 6.08. The molecule has 0 saturated carbocycles. The van der Waals surface area contributed by atoms with E-state index in [-0.39, 0.29) is 0 Å². The molecular weight excluding hydrogens is 334 g/mol. The molecule has 0 amide bonds. The summed E-state index contributed by atoms with van der Waals surface area (Å²) < 4.78 is 0. The van der Waals surface area contributed by atoms with Crippen LogP contribution in [0.4, 0.5) is 11.4 Å². The van der Waals surface area contributed by atoms with Gasteiger partial charge in [-0.2, -0.15) is 0 Å². The van der Waals surface area contributed by atoms with Crippen LogP contribution < -0.4 is 5.32 Å². The average Bonchev–Trinajstić information content (AvgIpc) is 2.70. The maximum absolute atomic E-state index is 3.91. The molecule has 0 atom stereocenters.